The number of hydrogen-bond acceptors (Lipinski definition) is 6. The number of hydrogen-bond donors (Lipinski definition) is 2. The average molecular weight is 340 g/mol. The lowest BCUT2D eigenvalue weighted by molar-refractivity contribution is -0.385. The second-order valence-corrected chi connectivity index (χ2v) is 4.99. The number of carboxylic acids is 1. The first-order valence-corrected chi connectivity index (χ1v) is 7.29. The fourth-order valence-corrected chi connectivity index (χ4v) is 2.12. The SMILES string of the molecule is CCCC[C@H](NC(=O)c1cc(OC)c(OC)c([N+](=O)[O-])c1)C(=O)O. The maximum atomic E-state index is 12.3. The molecule has 0 bridgehead atoms. The number of aliphatic carboxylic acids is 1. The molecule has 0 aliphatic rings. The average Bonchev–Trinajstić information content (AvgIpc) is 2.56. The third kappa shape index (κ3) is 4.58. The number of carbonyl (C=O) groups excluding carboxylic acids is 1. The Bertz CT molecular complexity index is 630. The van der Waals surface area contributed by atoms with E-state index in [1.807, 2.05) is 6.92 Å². The van der Waals surface area contributed by atoms with E-state index in [2.05, 4.69) is 5.32 Å². The molecule has 1 aromatic carbocycles. The van der Waals surface area contributed by atoms with Gasteiger partial charge in [0.2, 0.25) is 5.75 Å². The minimum Gasteiger partial charge on any atom is -0.493 e. The lowest BCUT2D eigenvalue weighted by Gasteiger charge is -2.15. The number of ether oxygens (including phenoxy) is 2. The fraction of sp³-hybridized carbons (Fsp3) is 0.467. The van der Waals surface area contributed by atoms with Gasteiger partial charge in [-0.15, -0.1) is 0 Å². The normalized spacial score (nSPS) is 11.5. The van der Waals surface area contributed by atoms with E-state index < -0.39 is 28.5 Å². The van der Waals surface area contributed by atoms with Crippen LogP contribution < -0.4 is 14.8 Å². The summed E-state index contributed by atoms with van der Waals surface area (Å²) in [5, 5.41) is 22.7. The van der Waals surface area contributed by atoms with Crippen molar-refractivity contribution in [2.45, 2.75) is 32.2 Å². The third-order valence-electron chi connectivity index (χ3n) is 3.37. The smallest absolute Gasteiger partial charge is 0.326 e. The van der Waals surface area contributed by atoms with Crippen LogP contribution in [0.15, 0.2) is 12.1 Å². The summed E-state index contributed by atoms with van der Waals surface area (Å²) >= 11 is 0. The molecule has 0 radical (unpaired) electrons. The number of nitro groups is 1. The summed E-state index contributed by atoms with van der Waals surface area (Å²) in [6.45, 7) is 1.90. The van der Waals surface area contributed by atoms with Gasteiger partial charge in [-0.05, 0) is 12.5 Å². The Labute approximate surface area is 138 Å². The van der Waals surface area contributed by atoms with Crippen LogP contribution in [0.4, 0.5) is 5.69 Å². The first-order chi connectivity index (χ1) is 11.3. The topological polar surface area (TPSA) is 128 Å². The number of methoxy groups -OCH3 is 2. The maximum Gasteiger partial charge on any atom is 0.326 e. The molecule has 0 spiro atoms. The molecule has 1 aromatic rings. The zero-order valence-corrected chi connectivity index (χ0v) is 13.7. The number of carbonyl (C=O) groups is 2. The second-order valence-electron chi connectivity index (χ2n) is 4.99. The van der Waals surface area contributed by atoms with Crippen LogP contribution in [-0.2, 0) is 4.79 Å². The molecule has 0 saturated carbocycles. The minimum absolute atomic E-state index is 0.0114. The fourth-order valence-electron chi connectivity index (χ4n) is 2.12. The van der Waals surface area contributed by atoms with Crippen molar-refractivity contribution in [1.82, 2.24) is 5.32 Å². The third-order valence-corrected chi connectivity index (χ3v) is 3.37. The Kier molecular flexibility index (Phi) is 6.97. The Morgan fingerprint density at radius 2 is 2.00 bits per heavy atom. The number of benzene rings is 1. The zero-order chi connectivity index (χ0) is 18.3. The van der Waals surface area contributed by atoms with Crippen molar-refractivity contribution >= 4 is 17.6 Å². The van der Waals surface area contributed by atoms with Gasteiger partial charge in [0.15, 0.2) is 5.75 Å². The quantitative estimate of drug-likeness (QED) is 0.519. The van der Waals surface area contributed by atoms with Crippen molar-refractivity contribution in [3.63, 3.8) is 0 Å². The monoisotopic (exact) mass is 340 g/mol. The second kappa shape index (κ2) is 8.70. The van der Waals surface area contributed by atoms with Gasteiger partial charge in [-0.2, -0.15) is 0 Å². The Morgan fingerprint density at radius 3 is 2.46 bits per heavy atom. The molecule has 24 heavy (non-hydrogen) atoms. The standard InChI is InChI=1S/C15H20N2O7/c1-4-5-6-10(15(19)20)16-14(18)9-7-11(17(21)22)13(24-3)12(8-9)23-2/h7-8,10H,4-6H2,1-3H3,(H,16,18)(H,19,20)/t10-/m0/s1. The molecule has 0 aromatic heterocycles. The zero-order valence-electron chi connectivity index (χ0n) is 13.7. The highest BCUT2D eigenvalue weighted by Gasteiger charge is 2.26. The van der Waals surface area contributed by atoms with Gasteiger partial charge in [-0.1, -0.05) is 19.8 Å². The van der Waals surface area contributed by atoms with Crippen LogP contribution in [0, 0.1) is 10.1 Å². The van der Waals surface area contributed by atoms with E-state index in [1.54, 1.807) is 0 Å². The first kappa shape index (κ1) is 19.2. The number of nitro benzene ring substituents is 1. The molecular weight excluding hydrogens is 320 g/mol. The predicted octanol–water partition coefficient (Wildman–Crippen LogP) is 1.99. The van der Waals surface area contributed by atoms with Crippen molar-refractivity contribution in [1.29, 1.82) is 0 Å². The van der Waals surface area contributed by atoms with Crippen molar-refractivity contribution in [2.75, 3.05) is 14.2 Å². The maximum absolute atomic E-state index is 12.3. The summed E-state index contributed by atoms with van der Waals surface area (Å²) in [5.74, 6) is -1.99. The molecule has 1 amide bonds. The van der Waals surface area contributed by atoms with Crippen LogP contribution >= 0.6 is 0 Å². The van der Waals surface area contributed by atoms with E-state index in [-0.39, 0.29) is 23.5 Å². The van der Waals surface area contributed by atoms with Gasteiger partial charge in [0, 0.05) is 6.07 Å². The molecule has 0 saturated heterocycles. The van der Waals surface area contributed by atoms with Crippen LogP contribution in [0.25, 0.3) is 0 Å². The van der Waals surface area contributed by atoms with E-state index in [9.17, 15) is 19.7 Å². The van der Waals surface area contributed by atoms with Gasteiger partial charge in [-0.3, -0.25) is 14.9 Å². The molecule has 0 heterocycles. The van der Waals surface area contributed by atoms with Gasteiger partial charge in [0.25, 0.3) is 5.91 Å². The van der Waals surface area contributed by atoms with Gasteiger partial charge in [-0.25, -0.2) is 4.79 Å². The van der Waals surface area contributed by atoms with E-state index >= 15 is 0 Å². The number of amides is 1. The molecular formula is C15H20N2O7. The van der Waals surface area contributed by atoms with Crippen LogP contribution in [0.3, 0.4) is 0 Å². The molecule has 0 unspecified atom stereocenters. The molecule has 9 heteroatoms. The largest absolute Gasteiger partial charge is 0.493 e. The summed E-state index contributed by atoms with van der Waals surface area (Å²) in [6.07, 6.45) is 1.68. The van der Waals surface area contributed by atoms with Crippen molar-refractivity contribution < 1.29 is 29.1 Å². The molecule has 9 nitrogen and oxygen atoms in total. The summed E-state index contributed by atoms with van der Waals surface area (Å²) in [7, 11) is 2.53. The van der Waals surface area contributed by atoms with Crippen molar-refractivity contribution in [2.24, 2.45) is 0 Å². The predicted molar refractivity (Wildman–Crippen MR) is 84.6 cm³/mol. The lowest BCUT2D eigenvalue weighted by Crippen LogP contribution is -2.40. The highest BCUT2D eigenvalue weighted by molar-refractivity contribution is 5.98. The Hall–Kier alpha value is -2.84. The summed E-state index contributed by atoms with van der Waals surface area (Å²) in [5.41, 5.74) is -0.524. The van der Waals surface area contributed by atoms with Crippen LogP contribution in [-0.4, -0.2) is 42.2 Å². The Balaban J connectivity index is 3.15. The summed E-state index contributed by atoms with van der Waals surface area (Å²) in [4.78, 5) is 33.9. The van der Waals surface area contributed by atoms with E-state index in [1.165, 1.54) is 20.3 Å². The number of nitrogens with zero attached hydrogens (tertiary/aromatic N) is 1. The summed E-state index contributed by atoms with van der Waals surface area (Å²) in [6, 6.07) is 1.22. The van der Waals surface area contributed by atoms with Gasteiger partial charge in [0.1, 0.15) is 6.04 Å². The van der Waals surface area contributed by atoms with E-state index in [0.29, 0.717) is 6.42 Å². The van der Waals surface area contributed by atoms with Crippen molar-refractivity contribution in [3.8, 4) is 11.5 Å². The number of unbranched alkanes of at least 4 members (excludes halogenated alkanes) is 1. The Morgan fingerprint density at radius 1 is 1.33 bits per heavy atom. The molecule has 2 N–H and O–H groups in total. The first-order valence-electron chi connectivity index (χ1n) is 7.29. The summed E-state index contributed by atoms with van der Waals surface area (Å²) < 4.78 is 9.95. The molecule has 0 aliphatic carbocycles. The minimum atomic E-state index is -1.16. The van der Waals surface area contributed by atoms with E-state index in [0.717, 1.165) is 12.5 Å². The molecule has 0 aliphatic heterocycles. The highest BCUT2D eigenvalue weighted by Crippen LogP contribution is 2.37. The van der Waals surface area contributed by atoms with Crippen molar-refractivity contribution in [3.05, 3.63) is 27.8 Å². The molecule has 0 fully saturated rings. The van der Waals surface area contributed by atoms with Crippen LogP contribution in [0.5, 0.6) is 11.5 Å². The van der Waals surface area contributed by atoms with Crippen LogP contribution in [0.1, 0.15) is 36.5 Å². The number of carboxylic acid groups (broad SMARTS) is 1. The number of nitrogens with one attached hydrogen (secondary N) is 1. The van der Waals surface area contributed by atoms with Gasteiger partial charge < -0.3 is 19.9 Å². The molecule has 132 valence electrons. The highest BCUT2D eigenvalue weighted by atomic mass is 16.6. The lowest BCUT2D eigenvalue weighted by atomic mass is 10.1. The molecule has 1 rings (SSSR count). The van der Waals surface area contributed by atoms with Gasteiger partial charge >= 0.3 is 11.7 Å². The van der Waals surface area contributed by atoms with Crippen LogP contribution in [0.2, 0.25) is 0 Å². The van der Waals surface area contributed by atoms with Gasteiger partial charge in [0.05, 0.1) is 24.7 Å². The molecule has 1 atom stereocenters. The number of rotatable bonds is 9. The van der Waals surface area contributed by atoms with E-state index in [4.69, 9.17) is 14.6 Å².